The summed E-state index contributed by atoms with van der Waals surface area (Å²) in [6, 6.07) is 0. The number of ether oxygens (including phenoxy) is 3. The van der Waals surface area contributed by atoms with Gasteiger partial charge < -0.3 is 0 Å². The molecular weight excluding hydrogens is 491 g/mol. The van der Waals surface area contributed by atoms with E-state index in [9.17, 15) is 0 Å². The van der Waals surface area contributed by atoms with E-state index < -0.39 is 0 Å². The summed E-state index contributed by atoms with van der Waals surface area (Å²) in [4.78, 5) is 13.4. The number of nitrogens with zero attached hydrogens (tertiary/aromatic N) is 4. The fourth-order valence-corrected chi connectivity index (χ4v) is 3.43. The molecule has 0 saturated carbocycles. The molecule has 2 aromatic heterocycles. The molecule has 0 aromatic carbocycles. The first-order valence-electron chi connectivity index (χ1n) is 7.66. The Bertz CT molecular complexity index is 680. The second-order valence-electron chi connectivity index (χ2n) is 5.57. The number of hydrogen-bond donors (Lipinski definition) is 1. The zero-order chi connectivity index (χ0) is 16.4. The van der Waals surface area contributed by atoms with Crippen LogP contribution in [0.4, 0.5) is 5.95 Å². The van der Waals surface area contributed by atoms with E-state index in [0.717, 1.165) is 12.1 Å². The van der Waals surface area contributed by atoms with Crippen molar-refractivity contribution in [3.63, 3.8) is 0 Å². The van der Waals surface area contributed by atoms with Crippen LogP contribution < -0.4 is 7.86 Å². The normalized spacial score (nSPS) is 24.2. The first kappa shape index (κ1) is 16.8. The Morgan fingerprint density at radius 1 is 1.48 bits per heavy atom. The number of methoxy groups -OCH3 is 1. The molecule has 0 bridgehead atoms. The van der Waals surface area contributed by atoms with Crippen molar-refractivity contribution in [1.82, 2.24) is 19.5 Å². The third-order valence-electron chi connectivity index (χ3n) is 3.88. The molecular formula is C14H20N5O3Tl. The summed E-state index contributed by atoms with van der Waals surface area (Å²) < 4.78 is 22.1. The van der Waals surface area contributed by atoms with Gasteiger partial charge in [0.05, 0.1) is 0 Å². The van der Waals surface area contributed by atoms with Gasteiger partial charge in [-0.25, -0.2) is 0 Å². The molecule has 23 heavy (non-hydrogen) atoms. The van der Waals surface area contributed by atoms with Gasteiger partial charge in [0.25, 0.3) is 0 Å². The molecule has 0 spiro atoms. The Morgan fingerprint density at radius 2 is 2.30 bits per heavy atom. The molecule has 1 fully saturated rings. The zero-order valence-electron chi connectivity index (χ0n) is 13.5. The topological polar surface area (TPSA) is 83.3 Å². The zero-order valence-corrected chi connectivity index (χ0v) is 18.0. The maximum absolute atomic E-state index is 6.13. The summed E-state index contributed by atoms with van der Waals surface area (Å²) in [7, 11) is 1.69. The Morgan fingerprint density at radius 3 is 3.00 bits per heavy atom. The molecule has 0 amide bonds. The summed E-state index contributed by atoms with van der Waals surface area (Å²) in [5, 5.41) is 0. The van der Waals surface area contributed by atoms with Gasteiger partial charge >= 0.3 is 151 Å². The van der Waals surface area contributed by atoms with Gasteiger partial charge in [0.1, 0.15) is 0 Å². The summed E-state index contributed by atoms with van der Waals surface area (Å²) in [6.07, 6.45) is 2.71. The summed E-state index contributed by atoms with van der Waals surface area (Å²) >= 11 is 0.552. The van der Waals surface area contributed by atoms with E-state index in [1.165, 1.54) is 0 Å². The number of anilines is 1. The van der Waals surface area contributed by atoms with Gasteiger partial charge in [-0.2, -0.15) is 0 Å². The second-order valence-corrected chi connectivity index (χ2v) is 6.69. The van der Waals surface area contributed by atoms with Crippen molar-refractivity contribution in [3.8, 4) is 5.88 Å². The molecule has 0 radical (unpaired) electrons. The van der Waals surface area contributed by atoms with Crippen molar-refractivity contribution in [2.45, 2.75) is 32.6 Å². The fourth-order valence-electron chi connectivity index (χ4n) is 2.93. The predicted octanol–water partition coefficient (Wildman–Crippen LogP) is 1.29. The summed E-state index contributed by atoms with van der Waals surface area (Å²) in [5.41, 5.74) is 1.41. The van der Waals surface area contributed by atoms with Crippen LogP contribution in [0.5, 0.6) is 5.88 Å². The number of hydrogen-bond acceptors (Lipinski definition) is 7. The molecule has 1 aliphatic heterocycles. The third-order valence-corrected chi connectivity index (χ3v) is 4.88. The van der Waals surface area contributed by atoms with Gasteiger partial charge in [-0.15, -0.1) is 0 Å². The second kappa shape index (κ2) is 7.26. The van der Waals surface area contributed by atoms with E-state index in [1.807, 2.05) is 11.5 Å². The standard InChI is InChI=1S/C14H20N5O3.Tl/c1-4-21-12-10-11(17-14(15)18-12)19(7-16-10)13-8(2)5-9(22-13)6-20-3;/h7-9,13H,4-6H2,1-3H3,(H-,15,17,18);/q-1;+1. The van der Waals surface area contributed by atoms with Gasteiger partial charge in [-0.1, -0.05) is 0 Å². The molecule has 1 aliphatic rings. The molecule has 1 N–H and O–H groups in total. The molecule has 122 valence electrons. The molecule has 0 aliphatic carbocycles. The van der Waals surface area contributed by atoms with Crippen molar-refractivity contribution in [3.05, 3.63) is 6.33 Å². The van der Waals surface area contributed by atoms with E-state index in [2.05, 4.69) is 25.0 Å². The molecule has 8 nitrogen and oxygen atoms in total. The predicted molar refractivity (Wildman–Crippen MR) is 85.4 cm³/mol. The first-order valence-corrected chi connectivity index (χ1v) is 9.90. The van der Waals surface area contributed by atoms with Crippen LogP contribution in [-0.2, 0) is 9.47 Å². The van der Waals surface area contributed by atoms with Crippen LogP contribution in [0.1, 0.15) is 26.5 Å². The number of imidazole rings is 1. The minimum absolute atomic E-state index is 0.100. The molecule has 3 rings (SSSR count). The third kappa shape index (κ3) is 3.29. The molecule has 3 unspecified atom stereocenters. The van der Waals surface area contributed by atoms with Crippen LogP contribution in [0.2, 0.25) is 0 Å². The maximum atomic E-state index is 6.13. The van der Waals surface area contributed by atoms with Gasteiger partial charge in [0.15, 0.2) is 0 Å². The Kier molecular flexibility index (Phi) is 5.32. The molecule has 3 heterocycles. The van der Waals surface area contributed by atoms with Crippen molar-refractivity contribution in [1.29, 1.82) is 0 Å². The van der Waals surface area contributed by atoms with E-state index in [4.69, 9.17) is 14.2 Å². The van der Waals surface area contributed by atoms with Crippen molar-refractivity contribution in [2.75, 3.05) is 23.4 Å². The van der Waals surface area contributed by atoms with Gasteiger partial charge in [0.2, 0.25) is 0 Å². The molecule has 1 saturated heterocycles. The van der Waals surface area contributed by atoms with Crippen LogP contribution in [0.15, 0.2) is 6.33 Å². The van der Waals surface area contributed by atoms with Crippen LogP contribution in [0.3, 0.4) is 0 Å². The van der Waals surface area contributed by atoms with E-state index in [0.29, 0.717) is 62.5 Å². The SMILES string of the molecule is CCOc1nc([NH][Tl])nc2c1ncn2C1OC(COC)CC1C. The van der Waals surface area contributed by atoms with Crippen molar-refractivity contribution in [2.24, 2.45) is 5.92 Å². The van der Waals surface area contributed by atoms with Gasteiger partial charge in [-0.3, -0.25) is 0 Å². The van der Waals surface area contributed by atoms with Crippen molar-refractivity contribution < 1.29 is 14.2 Å². The molecule has 9 heteroatoms. The number of fused-ring (bicyclic) bond motifs is 1. The van der Waals surface area contributed by atoms with E-state index >= 15 is 0 Å². The Hall–Kier alpha value is -1.01. The fraction of sp³-hybridized carbons (Fsp3) is 0.643. The Balaban J connectivity index is 2.00. The summed E-state index contributed by atoms with van der Waals surface area (Å²) in [5.74, 6) is 1.44. The molecule has 2 aromatic rings. The van der Waals surface area contributed by atoms with Crippen molar-refractivity contribution >= 4 is 43.2 Å². The van der Waals surface area contributed by atoms with Crippen LogP contribution in [0.25, 0.3) is 11.2 Å². The average Bonchev–Trinajstić information content (AvgIpc) is 3.11. The van der Waals surface area contributed by atoms with Crippen LogP contribution in [0, 0.1) is 5.92 Å². The number of aromatic nitrogens is 4. The minimum atomic E-state index is -0.103. The first-order chi connectivity index (χ1) is 11.2. The number of rotatable bonds is 6. The monoisotopic (exact) mass is 511 g/mol. The Labute approximate surface area is 151 Å². The van der Waals surface area contributed by atoms with Crippen LogP contribution >= 0.6 is 0 Å². The van der Waals surface area contributed by atoms with E-state index in [-0.39, 0.29) is 12.3 Å². The van der Waals surface area contributed by atoms with Gasteiger partial charge in [0, 0.05) is 0 Å². The average molecular weight is 511 g/mol. The van der Waals surface area contributed by atoms with Gasteiger partial charge in [-0.05, 0) is 0 Å². The molecule has 3 atom stereocenters. The van der Waals surface area contributed by atoms with E-state index in [1.54, 1.807) is 13.4 Å². The quantitative estimate of drug-likeness (QED) is 0.587. The van der Waals surface area contributed by atoms with Crippen LogP contribution in [-0.4, -0.2) is 72.0 Å². The summed E-state index contributed by atoms with van der Waals surface area (Å²) in [6.45, 7) is 5.23. The number of nitrogens with one attached hydrogen (secondary N) is 1.